The number of hydrogen-bond donors (Lipinski definition) is 1. The first kappa shape index (κ1) is 17.3. The molecule has 5 nitrogen and oxygen atoms in total. The third kappa shape index (κ3) is 3.86. The van der Waals surface area contributed by atoms with E-state index in [4.69, 9.17) is 5.26 Å². The molecule has 136 valence electrons. The van der Waals surface area contributed by atoms with E-state index in [9.17, 15) is 4.79 Å². The Morgan fingerprint density at radius 1 is 1.07 bits per heavy atom. The maximum Gasteiger partial charge on any atom is 0.270 e. The summed E-state index contributed by atoms with van der Waals surface area (Å²) in [6, 6.07) is 20.1. The van der Waals surface area contributed by atoms with Crippen LogP contribution in [-0.4, -0.2) is 21.2 Å². The monoisotopic (exact) mass is 358 g/mol. The molecule has 27 heavy (non-hydrogen) atoms. The molecule has 0 amide bonds. The van der Waals surface area contributed by atoms with Gasteiger partial charge in [-0.05, 0) is 36.1 Å². The molecule has 0 unspecified atom stereocenters. The molecule has 1 aromatic heterocycles. The average molecular weight is 358 g/mol. The van der Waals surface area contributed by atoms with Crippen molar-refractivity contribution in [3.63, 3.8) is 0 Å². The molecule has 0 saturated heterocycles. The number of rotatable bonds is 5. The van der Waals surface area contributed by atoms with E-state index in [1.165, 1.54) is 5.56 Å². The van der Waals surface area contributed by atoms with Crippen LogP contribution in [0.1, 0.15) is 27.9 Å². The highest BCUT2D eigenvalue weighted by molar-refractivity contribution is 5.33. The predicted molar refractivity (Wildman–Crippen MR) is 104 cm³/mol. The smallest absolute Gasteiger partial charge is 0.270 e. The molecule has 0 aliphatic carbocycles. The molecule has 4 rings (SSSR count). The number of aromatic nitrogens is 2. The van der Waals surface area contributed by atoms with Crippen LogP contribution in [0.15, 0.2) is 59.4 Å². The van der Waals surface area contributed by atoms with Gasteiger partial charge in [-0.2, -0.15) is 5.26 Å². The lowest BCUT2D eigenvalue weighted by Gasteiger charge is -2.26. The number of H-pyrrole nitrogens is 1. The number of fused-ring (bicyclic) bond motifs is 1. The Balaban J connectivity index is 1.45. The number of hydrogen-bond acceptors (Lipinski definition) is 3. The van der Waals surface area contributed by atoms with E-state index >= 15 is 0 Å². The molecule has 0 saturated carbocycles. The van der Waals surface area contributed by atoms with Crippen molar-refractivity contribution < 1.29 is 0 Å². The third-order valence-electron chi connectivity index (χ3n) is 5.13. The van der Waals surface area contributed by atoms with Crippen LogP contribution in [0.5, 0.6) is 0 Å². The Bertz CT molecular complexity index is 1030. The first-order chi connectivity index (χ1) is 13.2. The van der Waals surface area contributed by atoms with Crippen molar-refractivity contribution in [3.05, 3.63) is 92.9 Å². The van der Waals surface area contributed by atoms with Gasteiger partial charge in [-0.1, -0.05) is 42.5 Å². The minimum Gasteiger partial charge on any atom is -0.298 e. The van der Waals surface area contributed by atoms with Crippen LogP contribution >= 0.6 is 0 Å². The summed E-state index contributed by atoms with van der Waals surface area (Å²) in [5.74, 6) is 0. The lowest BCUT2D eigenvalue weighted by Crippen LogP contribution is -2.31. The molecule has 0 atom stereocenters. The second kappa shape index (κ2) is 7.65. The number of aromatic amines is 1. The number of nitrogens with zero attached hydrogens (tertiary/aromatic N) is 3. The highest BCUT2D eigenvalue weighted by Crippen LogP contribution is 2.17. The van der Waals surface area contributed by atoms with Crippen molar-refractivity contribution in [3.8, 4) is 6.07 Å². The maximum atomic E-state index is 12.7. The fraction of sp³-hybridized carbons (Fsp3) is 0.273. The molecular weight excluding hydrogens is 336 g/mol. The second-order valence-electron chi connectivity index (χ2n) is 7.03. The van der Waals surface area contributed by atoms with Crippen molar-refractivity contribution in [2.24, 2.45) is 0 Å². The van der Waals surface area contributed by atoms with Crippen LogP contribution in [0.25, 0.3) is 0 Å². The van der Waals surface area contributed by atoms with Gasteiger partial charge in [0.1, 0.15) is 0 Å². The van der Waals surface area contributed by atoms with Gasteiger partial charge in [0.25, 0.3) is 5.56 Å². The number of benzene rings is 2. The summed E-state index contributed by atoms with van der Waals surface area (Å²) in [6.07, 6.45) is 1.60. The summed E-state index contributed by atoms with van der Waals surface area (Å²) in [7, 11) is 0. The van der Waals surface area contributed by atoms with Gasteiger partial charge >= 0.3 is 0 Å². The average Bonchev–Trinajstić information content (AvgIpc) is 3.02. The Labute approximate surface area is 158 Å². The highest BCUT2D eigenvalue weighted by atomic mass is 16.1. The lowest BCUT2D eigenvalue weighted by atomic mass is 10.1. The highest BCUT2D eigenvalue weighted by Gasteiger charge is 2.22. The first-order valence-corrected chi connectivity index (χ1v) is 9.29. The van der Waals surface area contributed by atoms with Gasteiger partial charge < -0.3 is 0 Å². The van der Waals surface area contributed by atoms with Crippen LogP contribution in [-0.2, 0) is 32.5 Å². The molecule has 3 aromatic rings. The molecule has 0 bridgehead atoms. The SMILES string of the molecule is N#Cc1cccc(CN2CCc3c([nH]n(CCc4ccccc4)c3=O)C2)c1. The molecule has 1 aliphatic rings. The summed E-state index contributed by atoms with van der Waals surface area (Å²) < 4.78 is 1.75. The molecule has 0 spiro atoms. The van der Waals surface area contributed by atoms with Crippen LogP contribution < -0.4 is 5.56 Å². The number of aryl methyl sites for hydroxylation is 2. The van der Waals surface area contributed by atoms with Gasteiger partial charge in [-0.15, -0.1) is 0 Å². The zero-order valence-electron chi connectivity index (χ0n) is 15.2. The van der Waals surface area contributed by atoms with Gasteiger partial charge in [-0.25, -0.2) is 0 Å². The molecule has 0 fully saturated rings. The van der Waals surface area contributed by atoms with Gasteiger partial charge in [0, 0.05) is 31.7 Å². The fourth-order valence-electron chi connectivity index (χ4n) is 3.71. The van der Waals surface area contributed by atoms with E-state index in [2.05, 4.69) is 28.2 Å². The minimum atomic E-state index is 0.118. The van der Waals surface area contributed by atoms with Gasteiger partial charge in [0.15, 0.2) is 0 Å². The molecule has 1 aliphatic heterocycles. The maximum absolute atomic E-state index is 12.7. The number of nitrogens with one attached hydrogen (secondary N) is 1. The van der Waals surface area contributed by atoms with Crippen LogP contribution in [0, 0.1) is 11.3 Å². The summed E-state index contributed by atoms with van der Waals surface area (Å²) in [6.45, 7) is 3.04. The molecule has 5 heteroatoms. The zero-order chi connectivity index (χ0) is 18.6. The quantitative estimate of drug-likeness (QED) is 0.763. The van der Waals surface area contributed by atoms with Gasteiger partial charge in [-0.3, -0.25) is 19.5 Å². The largest absolute Gasteiger partial charge is 0.298 e. The number of nitriles is 1. The normalized spacial score (nSPS) is 13.9. The van der Waals surface area contributed by atoms with Crippen LogP contribution in [0.2, 0.25) is 0 Å². The van der Waals surface area contributed by atoms with Crippen LogP contribution in [0.3, 0.4) is 0 Å². The molecule has 2 aromatic carbocycles. The summed E-state index contributed by atoms with van der Waals surface area (Å²) in [4.78, 5) is 15.0. The van der Waals surface area contributed by atoms with Gasteiger partial charge in [0.05, 0.1) is 17.3 Å². The van der Waals surface area contributed by atoms with E-state index in [0.29, 0.717) is 12.1 Å². The van der Waals surface area contributed by atoms with Crippen molar-refractivity contribution in [1.82, 2.24) is 14.7 Å². The van der Waals surface area contributed by atoms with E-state index < -0.39 is 0 Å². The van der Waals surface area contributed by atoms with E-state index in [1.54, 1.807) is 4.68 Å². The molecular formula is C22H22N4O. The Hall–Kier alpha value is -3.10. The van der Waals surface area contributed by atoms with Gasteiger partial charge in [0.2, 0.25) is 0 Å². The van der Waals surface area contributed by atoms with E-state index in [-0.39, 0.29) is 5.56 Å². The van der Waals surface area contributed by atoms with E-state index in [1.807, 2.05) is 42.5 Å². The van der Waals surface area contributed by atoms with Crippen molar-refractivity contribution >= 4 is 0 Å². The van der Waals surface area contributed by atoms with E-state index in [0.717, 1.165) is 49.3 Å². The Kier molecular flexibility index (Phi) is 4.91. The van der Waals surface area contributed by atoms with Crippen molar-refractivity contribution in [2.75, 3.05) is 6.54 Å². The van der Waals surface area contributed by atoms with Crippen LogP contribution in [0.4, 0.5) is 0 Å². The summed E-state index contributed by atoms with van der Waals surface area (Å²) in [5.41, 5.74) is 5.11. The molecule has 0 radical (unpaired) electrons. The Morgan fingerprint density at radius 2 is 1.89 bits per heavy atom. The lowest BCUT2D eigenvalue weighted by molar-refractivity contribution is 0.242. The first-order valence-electron chi connectivity index (χ1n) is 9.29. The standard InChI is InChI=1S/C22H22N4O/c23-14-18-7-4-8-19(13-18)15-25-11-10-20-21(16-25)24-26(22(20)27)12-9-17-5-2-1-3-6-17/h1-8,13,24H,9-12,15-16H2. The summed E-state index contributed by atoms with van der Waals surface area (Å²) >= 11 is 0. The molecule has 2 heterocycles. The Morgan fingerprint density at radius 3 is 2.70 bits per heavy atom. The zero-order valence-corrected chi connectivity index (χ0v) is 15.2. The van der Waals surface area contributed by atoms with Crippen molar-refractivity contribution in [2.45, 2.75) is 32.5 Å². The van der Waals surface area contributed by atoms with Crippen molar-refractivity contribution in [1.29, 1.82) is 5.26 Å². The minimum absolute atomic E-state index is 0.118. The fourth-order valence-corrected chi connectivity index (χ4v) is 3.71. The predicted octanol–water partition coefficient (Wildman–Crippen LogP) is 2.85. The summed E-state index contributed by atoms with van der Waals surface area (Å²) in [5, 5.41) is 12.4. The second-order valence-corrected chi connectivity index (χ2v) is 7.03. The topological polar surface area (TPSA) is 64.8 Å². The third-order valence-corrected chi connectivity index (χ3v) is 5.13. The molecule has 1 N–H and O–H groups in total.